The third kappa shape index (κ3) is 3.34. The summed E-state index contributed by atoms with van der Waals surface area (Å²) < 4.78 is 1.11. The molecule has 3 heteroatoms. The third-order valence-corrected chi connectivity index (χ3v) is 2.16. The molecule has 0 bridgehead atoms. The summed E-state index contributed by atoms with van der Waals surface area (Å²) in [5.74, 6) is 0. The molecule has 0 saturated carbocycles. The van der Waals surface area contributed by atoms with Crippen LogP contribution in [-0.2, 0) is 6.54 Å². The van der Waals surface area contributed by atoms with Crippen molar-refractivity contribution in [2.45, 2.75) is 6.54 Å². The zero-order valence-electron chi connectivity index (χ0n) is 6.83. The van der Waals surface area contributed by atoms with Crippen molar-refractivity contribution in [1.82, 2.24) is 0 Å². The molecule has 0 saturated heterocycles. The second-order valence-corrected chi connectivity index (χ2v) is 3.55. The van der Waals surface area contributed by atoms with Crippen LogP contribution in [0.25, 0.3) is 0 Å². The van der Waals surface area contributed by atoms with E-state index < -0.39 is 0 Å². The van der Waals surface area contributed by atoms with Crippen LogP contribution in [-0.4, -0.2) is 18.3 Å². The minimum Gasteiger partial charge on any atom is -0.391 e. The van der Waals surface area contributed by atoms with E-state index in [1.54, 1.807) is 0 Å². The van der Waals surface area contributed by atoms with Crippen LogP contribution in [0.3, 0.4) is 0 Å². The Bertz CT molecular complexity index is 222. The first-order chi connectivity index (χ1) is 5.83. The number of aliphatic hydroxyl groups excluding tert-OH is 1. The maximum absolute atomic E-state index is 8.55. The van der Waals surface area contributed by atoms with Crippen molar-refractivity contribution < 1.29 is 10.4 Å². The van der Waals surface area contributed by atoms with Gasteiger partial charge in [0.05, 0.1) is 13.2 Å². The zero-order valence-corrected chi connectivity index (χ0v) is 8.42. The smallest absolute Gasteiger partial charge is 0.101 e. The monoisotopic (exact) mass is 230 g/mol. The van der Waals surface area contributed by atoms with Crippen molar-refractivity contribution in [2.24, 2.45) is 0 Å². The predicted molar refractivity (Wildman–Crippen MR) is 51.7 cm³/mol. The highest BCUT2D eigenvalue weighted by Crippen LogP contribution is 2.09. The predicted octanol–water partition coefficient (Wildman–Crippen LogP) is 0.505. The molecule has 1 rings (SSSR count). The molecular weight excluding hydrogens is 218 g/mol. The third-order valence-electron chi connectivity index (χ3n) is 1.63. The Labute approximate surface area is 80.7 Å². The molecule has 12 heavy (non-hydrogen) atoms. The lowest BCUT2D eigenvalue weighted by atomic mass is 10.2. The highest BCUT2D eigenvalue weighted by atomic mass is 79.9. The molecule has 0 aromatic heterocycles. The van der Waals surface area contributed by atoms with Crippen LogP contribution in [0.15, 0.2) is 28.7 Å². The molecule has 2 nitrogen and oxygen atoms in total. The van der Waals surface area contributed by atoms with Crippen molar-refractivity contribution in [3.8, 4) is 0 Å². The van der Waals surface area contributed by atoms with Gasteiger partial charge in [-0.05, 0) is 12.1 Å². The lowest BCUT2D eigenvalue weighted by Crippen LogP contribution is -2.83. The molecule has 0 fully saturated rings. The van der Waals surface area contributed by atoms with Crippen LogP contribution in [0.5, 0.6) is 0 Å². The van der Waals surface area contributed by atoms with Gasteiger partial charge in [0.15, 0.2) is 0 Å². The lowest BCUT2D eigenvalue weighted by Gasteiger charge is -1.99. The van der Waals surface area contributed by atoms with Gasteiger partial charge in [-0.2, -0.15) is 0 Å². The van der Waals surface area contributed by atoms with Gasteiger partial charge in [0.2, 0.25) is 0 Å². The Kier molecular flexibility index (Phi) is 4.29. The molecule has 3 N–H and O–H groups in total. The van der Waals surface area contributed by atoms with Crippen LogP contribution in [0, 0.1) is 0 Å². The summed E-state index contributed by atoms with van der Waals surface area (Å²) in [6.07, 6.45) is 0. The van der Waals surface area contributed by atoms with Crippen LogP contribution >= 0.6 is 15.9 Å². The lowest BCUT2D eigenvalue weighted by molar-refractivity contribution is -0.671. The molecule has 0 aliphatic rings. The summed E-state index contributed by atoms with van der Waals surface area (Å²) in [5, 5.41) is 10.6. The number of benzene rings is 1. The topological polar surface area (TPSA) is 36.8 Å². The van der Waals surface area contributed by atoms with Gasteiger partial charge in [-0.3, -0.25) is 0 Å². The van der Waals surface area contributed by atoms with Crippen molar-refractivity contribution in [3.05, 3.63) is 34.3 Å². The van der Waals surface area contributed by atoms with Gasteiger partial charge in [0.1, 0.15) is 6.54 Å². The number of rotatable bonds is 4. The molecule has 0 aliphatic heterocycles. The van der Waals surface area contributed by atoms with E-state index in [0.29, 0.717) is 0 Å². The van der Waals surface area contributed by atoms with Gasteiger partial charge >= 0.3 is 0 Å². The summed E-state index contributed by atoms with van der Waals surface area (Å²) in [6, 6.07) is 8.22. The number of quaternary nitrogens is 1. The molecule has 0 aliphatic carbocycles. The van der Waals surface area contributed by atoms with E-state index in [4.69, 9.17) is 5.11 Å². The van der Waals surface area contributed by atoms with Crippen molar-refractivity contribution in [1.29, 1.82) is 0 Å². The van der Waals surface area contributed by atoms with Crippen LogP contribution in [0.4, 0.5) is 0 Å². The first-order valence-electron chi connectivity index (χ1n) is 4.00. The Morgan fingerprint density at radius 1 is 1.25 bits per heavy atom. The van der Waals surface area contributed by atoms with E-state index in [-0.39, 0.29) is 6.61 Å². The van der Waals surface area contributed by atoms with E-state index in [2.05, 4.69) is 33.4 Å². The number of halogens is 1. The van der Waals surface area contributed by atoms with E-state index in [1.807, 2.05) is 12.1 Å². The number of hydrogen-bond donors (Lipinski definition) is 2. The molecule has 1 aromatic carbocycles. The maximum atomic E-state index is 8.55. The number of aliphatic hydroxyl groups is 1. The molecule has 1 aromatic rings. The summed E-state index contributed by atoms with van der Waals surface area (Å²) in [5.41, 5.74) is 1.28. The van der Waals surface area contributed by atoms with Gasteiger partial charge in [-0.15, -0.1) is 0 Å². The number of hydrogen-bond acceptors (Lipinski definition) is 1. The molecular formula is C9H13BrNO+. The van der Waals surface area contributed by atoms with Crippen molar-refractivity contribution >= 4 is 15.9 Å². The van der Waals surface area contributed by atoms with E-state index in [9.17, 15) is 0 Å². The molecule has 0 spiro atoms. The Morgan fingerprint density at radius 3 is 2.50 bits per heavy atom. The van der Waals surface area contributed by atoms with Crippen LogP contribution < -0.4 is 5.32 Å². The molecule has 0 heterocycles. The molecule has 0 unspecified atom stereocenters. The van der Waals surface area contributed by atoms with Gasteiger partial charge < -0.3 is 10.4 Å². The van der Waals surface area contributed by atoms with Gasteiger partial charge in [-0.25, -0.2) is 0 Å². The van der Waals surface area contributed by atoms with E-state index >= 15 is 0 Å². The molecule has 0 atom stereocenters. The fraction of sp³-hybridized carbons (Fsp3) is 0.333. The second kappa shape index (κ2) is 5.30. The summed E-state index contributed by atoms with van der Waals surface area (Å²) in [7, 11) is 0. The summed E-state index contributed by atoms with van der Waals surface area (Å²) in [4.78, 5) is 0. The first-order valence-corrected chi connectivity index (χ1v) is 4.79. The van der Waals surface area contributed by atoms with E-state index in [1.165, 1.54) is 5.56 Å². The van der Waals surface area contributed by atoms with Crippen molar-refractivity contribution in [2.75, 3.05) is 13.2 Å². The molecule has 0 amide bonds. The Balaban J connectivity index is 2.37. The highest BCUT2D eigenvalue weighted by Gasteiger charge is 1.93. The standard InChI is InChI=1S/C9H12BrNO/c10-9-3-1-8(2-4-9)7-11-5-6-12/h1-4,11-12H,5-7H2/p+1. The minimum atomic E-state index is 0.247. The fourth-order valence-electron chi connectivity index (χ4n) is 0.981. The largest absolute Gasteiger partial charge is 0.391 e. The quantitative estimate of drug-likeness (QED) is 0.727. The minimum absolute atomic E-state index is 0.247. The van der Waals surface area contributed by atoms with Gasteiger partial charge in [0.25, 0.3) is 0 Å². The number of nitrogens with two attached hydrogens (primary N) is 1. The summed E-state index contributed by atoms with van der Waals surface area (Å²) >= 11 is 3.38. The SMILES string of the molecule is OCC[NH2+]Cc1ccc(Br)cc1. The summed E-state index contributed by atoms with van der Waals surface area (Å²) in [6.45, 7) is 1.96. The highest BCUT2D eigenvalue weighted by molar-refractivity contribution is 9.10. The van der Waals surface area contributed by atoms with Crippen molar-refractivity contribution in [3.63, 3.8) is 0 Å². The Morgan fingerprint density at radius 2 is 1.92 bits per heavy atom. The van der Waals surface area contributed by atoms with Crippen LogP contribution in [0.1, 0.15) is 5.56 Å². The fourth-order valence-corrected chi connectivity index (χ4v) is 1.24. The zero-order chi connectivity index (χ0) is 8.81. The average molecular weight is 231 g/mol. The second-order valence-electron chi connectivity index (χ2n) is 2.63. The molecule has 66 valence electrons. The Hall–Kier alpha value is -0.380. The normalized spacial score (nSPS) is 10.2. The first kappa shape index (κ1) is 9.71. The van der Waals surface area contributed by atoms with Gasteiger partial charge in [0, 0.05) is 10.0 Å². The van der Waals surface area contributed by atoms with E-state index in [0.717, 1.165) is 17.6 Å². The van der Waals surface area contributed by atoms with Crippen LogP contribution in [0.2, 0.25) is 0 Å². The average Bonchev–Trinajstić information content (AvgIpc) is 2.09. The maximum Gasteiger partial charge on any atom is 0.101 e. The molecule has 0 radical (unpaired) electrons. The van der Waals surface area contributed by atoms with Gasteiger partial charge in [-0.1, -0.05) is 28.1 Å².